The lowest BCUT2D eigenvalue weighted by Gasteiger charge is -1.99. The molecule has 19 heavy (non-hydrogen) atoms. The molecule has 1 N–H and O–H groups in total. The molecule has 98 valence electrons. The van der Waals surface area contributed by atoms with Crippen LogP contribution in [-0.2, 0) is 6.54 Å². The van der Waals surface area contributed by atoms with Crippen LogP contribution in [0.25, 0.3) is 21.9 Å². The van der Waals surface area contributed by atoms with Gasteiger partial charge < -0.3 is 0 Å². The zero-order valence-corrected chi connectivity index (χ0v) is 10.9. The number of nitrogens with zero attached hydrogens (tertiary/aromatic N) is 3. The average Bonchev–Trinajstić information content (AvgIpc) is 2.77. The first-order chi connectivity index (χ1) is 9.31. The molecule has 0 spiro atoms. The van der Waals surface area contributed by atoms with Gasteiger partial charge in [-0.05, 0) is 12.5 Å². The van der Waals surface area contributed by atoms with Crippen molar-refractivity contribution in [3.63, 3.8) is 0 Å². The van der Waals surface area contributed by atoms with Gasteiger partial charge in [0.1, 0.15) is 0 Å². The zero-order chi connectivity index (χ0) is 13.2. The molecule has 5 nitrogen and oxygen atoms in total. The van der Waals surface area contributed by atoms with E-state index in [0.717, 1.165) is 35.7 Å². The maximum atomic E-state index is 12.2. The van der Waals surface area contributed by atoms with E-state index >= 15 is 0 Å². The predicted octanol–water partition coefficient (Wildman–Crippen LogP) is 2.46. The van der Waals surface area contributed by atoms with E-state index in [0.29, 0.717) is 12.1 Å². The number of rotatable bonds is 4. The molecule has 1 aromatic carbocycles. The van der Waals surface area contributed by atoms with Crippen LogP contribution in [0.2, 0.25) is 0 Å². The van der Waals surface area contributed by atoms with Crippen molar-refractivity contribution >= 4 is 21.9 Å². The van der Waals surface area contributed by atoms with Gasteiger partial charge in [0.2, 0.25) is 0 Å². The first-order valence-corrected chi connectivity index (χ1v) is 6.65. The van der Waals surface area contributed by atoms with Crippen molar-refractivity contribution in [2.45, 2.75) is 32.7 Å². The molecule has 3 aromatic rings. The van der Waals surface area contributed by atoms with E-state index < -0.39 is 0 Å². The van der Waals surface area contributed by atoms with Crippen molar-refractivity contribution in [1.82, 2.24) is 20.0 Å². The molecule has 0 bridgehead atoms. The summed E-state index contributed by atoms with van der Waals surface area (Å²) < 4.78 is 1.64. The van der Waals surface area contributed by atoms with Gasteiger partial charge in [0, 0.05) is 11.9 Å². The van der Waals surface area contributed by atoms with Crippen LogP contribution in [0.15, 0.2) is 29.1 Å². The Morgan fingerprint density at radius 2 is 2.05 bits per heavy atom. The quantitative estimate of drug-likeness (QED) is 0.729. The van der Waals surface area contributed by atoms with Crippen molar-refractivity contribution < 1.29 is 0 Å². The number of aryl methyl sites for hydroxylation is 1. The van der Waals surface area contributed by atoms with Crippen LogP contribution >= 0.6 is 0 Å². The molecule has 0 unspecified atom stereocenters. The van der Waals surface area contributed by atoms with Gasteiger partial charge in [-0.25, -0.2) is 0 Å². The summed E-state index contributed by atoms with van der Waals surface area (Å²) in [6.07, 6.45) is 3.25. The zero-order valence-electron chi connectivity index (χ0n) is 10.9. The monoisotopic (exact) mass is 256 g/mol. The SMILES string of the molecule is CCCCCn1[nH]c2c(nnc3ccccc32)c1=O. The average molecular weight is 256 g/mol. The standard InChI is InChI=1S/C14H16N4O/c1-2-3-6-9-18-14(19)13-12(17-18)10-7-4-5-8-11(10)15-16-13/h4-5,7-8,17H,2-3,6,9H2,1H3. The van der Waals surface area contributed by atoms with Gasteiger partial charge in [-0.2, -0.15) is 0 Å². The Morgan fingerprint density at radius 3 is 2.89 bits per heavy atom. The first-order valence-electron chi connectivity index (χ1n) is 6.65. The van der Waals surface area contributed by atoms with Crippen LogP contribution in [-0.4, -0.2) is 20.0 Å². The summed E-state index contributed by atoms with van der Waals surface area (Å²) in [7, 11) is 0. The minimum Gasteiger partial charge on any atom is -0.293 e. The van der Waals surface area contributed by atoms with Gasteiger partial charge in [0.25, 0.3) is 5.56 Å². The number of unbranched alkanes of at least 4 members (excludes halogenated alkanes) is 2. The third kappa shape index (κ3) is 2.01. The van der Waals surface area contributed by atoms with Crippen LogP contribution < -0.4 is 5.56 Å². The molecule has 5 heteroatoms. The summed E-state index contributed by atoms with van der Waals surface area (Å²) in [5.41, 5.74) is 1.93. The number of hydrogen-bond donors (Lipinski definition) is 1. The number of nitrogens with one attached hydrogen (secondary N) is 1. The van der Waals surface area contributed by atoms with Crippen LogP contribution in [0.3, 0.4) is 0 Å². The van der Waals surface area contributed by atoms with Crippen LogP contribution in [0, 0.1) is 0 Å². The number of aromatic nitrogens is 4. The smallest absolute Gasteiger partial charge is 0.293 e. The predicted molar refractivity (Wildman–Crippen MR) is 75.2 cm³/mol. The molecule has 0 fully saturated rings. The van der Waals surface area contributed by atoms with E-state index in [1.165, 1.54) is 0 Å². The Labute approximate surface area is 110 Å². The lowest BCUT2D eigenvalue weighted by molar-refractivity contribution is 0.545. The van der Waals surface area contributed by atoms with Gasteiger partial charge in [-0.15, -0.1) is 10.2 Å². The Kier molecular flexibility index (Phi) is 3.03. The second-order valence-electron chi connectivity index (χ2n) is 4.72. The summed E-state index contributed by atoms with van der Waals surface area (Å²) >= 11 is 0. The molecule has 2 heterocycles. The molecule has 3 rings (SSSR count). The maximum absolute atomic E-state index is 12.2. The van der Waals surface area contributed by atoms with Crippen molar-refractivity contribution in [3.8, 4) is 0 Å². The molecule has 0 aliphatic heterocycles. The topological polar surface area (TPSA) is 63.6 Å². The van der Waals surface area contributed by atoms with E-state index in [4.69, 9.17) is 0 Å². The highest BCUT2D eigenvalue weighted by Crippen LogP contribution is 2.17. The van der Waals surface area contributed by atoms with E-state index in [2.05, 4.69) is 22.2 Å². The van der Waals surface area contributed by atoms with Gasteiger partial charge in [-0.3, -0.25) is 14.6 Å². The summed E-state index contributed by atoms with van der Waals surface area (Å²) in [5.74, 6) is 0. The highest BCUT2D eigenvalue weighted by Gasteiger charge is 2.11. The molecule has 0 saturated heterocycles. The minimum atomic E-state index is -0.0793. The lowest BCUT2D eigenvalue weighted by atomic mass is 10.2. The van der Waals surface area contributed by atoms with Crippen LogP contribution in [0.4, 0.5) is 0 Å². The number of aromatic amines is 1. The lowest BCUT2D eigenvalue weighted by Crippen LogP contribution is -2.17. The molecule has 0 amide bonds. The fourth-order valence-electron chi connectivity index (χ4n) is 2.31. The first kappa shape index (κ1) is 11.9. The van der Waals surface area contributed by atoms with Gasteiger partial charge in [-0.1, -0.05) is 38.0 Å². The van der Waals surface area contributed by atoms with E-state index in [1.54, 1.807) is 4.68 Å². The highest BCUT2D eigenvalue weighted by atomic mass is 16.1. The fraction of sp³-hybridized carbons (Fsp3) is 0.357. The van der Waals surface area contributed by atoms with Gasteiger partial charge in [0.05, 0.1) is 11.0 Å². The molecular weight excluding hydrogens is 240 g/mol. The Hall–Kier alpha value is -2.17. The fourth-order valence-corrected chi connectivity index (χ4v) is 2.31. The molecule has 0 saturated carbocycles. The Balaban J connectivity index is 2.14. The van der Waals surface area contributed by atoms with Crippen LogP contribution in [0.5, 0.6) is 0 Å². The van der Waals surface area contributed by atoms with E-state index in [9.17, 15) is 4.79 Å². The van der Waals surface area contributed by atoms with Crippen molar-refractivity contribution in [2.24, 2.45) is 0 Å². The summed E-state index contributed by atoms with van der Waals surface area (Å²) in [6, 6.07) is 7.71. The molecule has 0 atom stereocenters. The number of benzene rings is 1. The number of H-pyrrole nitrogens is 1. The van der Waals surface area contributed by atoms with E-state index in [-0.39, 0.29) is 5.56 Å². The second kappa shape index (κ2) is 4.84. The van der Waals surface area contributed by atoms with E-state index in [1.807, 2.05) is 24.3 Å². The second-order valence-corrected chi connectivity index (χ2v) is 4.72. The minimum absolute atomic E-state index is 0.0793. The Morgan fingerprint density at radius 1 is 1.21 bits per heavy atom. The van der Waals surface area contributed by atoms with Crippen molar-refractivity contribution in [1.29, 1.82) is 0 Å². The normalized spacial score (nSPS) is 11.4. The molecular formula is C14H16N4O. The number of hydrogen-bond acceptors (Lipinski definition) is 3. The largest absolute Gasteiger partial charge is 0.294 e. The summed E-state index contributed by atoms with van der Waals surface area (Å²) in [5, 5.41) is 12.3. The Bertz CT molecular complexity index is 772. The van der Waals surface area contributed by atoms with Crippen molar-refractivity contribution in [2.75, 3.05) is 0 Å². The summed E-state index contributed by atoms with van der Waals surface area (Å²) in [6.45, 7) is 2.85. The highest BCUT2D eigenvalue weighted by molar-refractivity contribution is 6.00. The van der Waals surface area contributed by atoms with Gasteiger partial charge in [0.15, 0.2) is 5.52 Å². The molecule has 2 aromatic heterocycles. The van der Waals surface area contributed by atoms with Gasteiger partial charge >= 0.3 is 0 Å². The third-order valence-electron chi connectivity index (χ3n) is 3.35. The van der Waals surface area contributed by atoms with Crippen LogP contribution in [0.1, 0.15) is 26.2 Å². The maximum Gasteiger partial charge on any atom is 0.294 e. The third-order valence-corrected chi connectivity index (χ3v) is 3.35. The molecule has 0 radical (unpaired) electrons. The molecule has 0 aliphatic carbocycles. The number of fused-ring (bicyclic) bond motifs is 3. The summed E-state index contributed by atoms with van der Waals surface area (Å²) in [4.78, 5) is 12.2. The van der Waals surface area contributed by atoms with Crippen molar-refractivity contribution in [3.05, 3.63) is 34.6 Å². The molecule has 0 aliphatic rings.